The van der Waals surface area contributed by atoms with E-state index in [1.807, 2.05) is 25.1 Å². The van der Waals surface area contributed by atoms with Crippen molar-refractivity contribution in [3.05, 3.63) is 56.5 Å². The van der Waals surface area contributed by atoms with Crippen LogP contribution in [0.25, 0.3) is 11.2 Å². The molecule has 2 aromatic heterocycles. The van der Waals surface area contributed by atoms with Gasteiger partial charge in [0.25, 0.3) is 5.56 Å². The van der Waals surface area contributed by atoms with Crippen LogP contribution in [0.3, 0.4) is 0 Å². The second-order valence-corrected chi connectivity index (χ2v) is 6.83. The highest BCUT2D eigenvalue weighted by Crippen LogP contribution is 2.21. The molecule has 2 heterocycles. The van der Waals surface area contributed by atoms with Crippen LogP contribution in [0.1, 0.15) is 11.1 Å². The quantitative estimate of drug-likeness (QED) is 0.634. The number of fused-ring (bicyclic) bond motifs is 1. The first-order valence-electron chi connectivity index (χ1n) is 8.73. The van der Waals surface area contributed by atoms with Crippen molar-refractivity contribution >= 4 is 17.1 Å². The van der Waals surface area contributed by atoms with Gasteiger partial charge in [0.05, 0.1) is 13.4 Å². The number of methoxy groups -OCH3 is 1. The van der Waals surface area contributed by atoms with Crippen molar-refractivity contribution in [2.45, 2.75) is 20.0 Å². The second kappa shape index (κ2) is 7.34. The van der Waals surface area contributed by atoms with Crippen LogP contribution in [0.5, 0.6) is 5.75 Å². The number of carbonyl (C=O) groups is 1. The van der Waals surface area contributed by atoms with E-state index >= 15 is 0 Å². The molecule has 9 nitrogen and oxygen atoms in total. The van der Waals surface area contributed by atoms with E-state index in [0.29, 0.717) is 17.9 Å². The van der Waals surface area contributed by atoms with Gasteiger partial charge in [-0.1, -0.05) is 17.7 Å². The van der Waals surface area contributed by atoms with E-state index in [4.69, 9.17) is 4.74 Å². The largest absolute Gasteiger partial charge is 0.496 e. The zero-order valence-corrected chi connectivity index (χ0v) is 16.6. The number of nitrogens with zero attached hydrogens (tertiary/aromatic N) is 5. The summed E-state index contributed by atoms with van der Waals surface area (Å²) < 4.78 is 9.10. The summed E-state index contributed by atoms with van der Waals surface area (Å²) in [6, 6.07) is 5.71. The van der Waals surface area contributed by atoms with Crippen molar-refractivity contribution < 1.29 is 9.53 Å². The first kappa shape index (κ1) is 19.4. The van der Waals surface area contributed by atoms with E-state index in [0.717, 1.165) is 15.7 Å². The molecule has 0 saturated carbocycles. The van der Waals surface area contributed by atoms with Gasteiger partial charge >= 0.3 is 5.69 Å². The summed E-state index contributed by atoms with van der Waals surface area (Å²) in [5.74, 6) is 0.318. The number of amides is 1. The number of hydrogen-bond donors (Lipinski definition) is 0. The van der Waals surface area contributed by atoms with Gasteiger partial charge in [0.2, 0.25) is 5.91 Å². The highest BCUT2D eigenvalue weighted by atomic mass is 16.5. The van der Waals surface area contributed by atoms with Gasteiger partial charge in [0.1, 0.15) is 12.3 Å². The van der Waals surface area contributed by atoms with Gasteiger partial charge in [-0.05, 0) is 13.0 Å². The Balaban J connectivity index is 1.91. The molecule has 3 rings (SSSR count). The molecule has 0 aliphatic carbocycles. The van der Waals surface area contributed by atoms with Crippen molar-refractivity contribution in [1.82, 2.24) is 23.6 Å². The van der Waals surface area contributed by atoms with Crippen molar-refractivity contribution in [1.29, 1.82) is 0 Å². The smallest absolute Gasteiger partial charge is 0.332 e. The lowest BCUT2D eigenvalue weighted by atomic mass is 10.1. The molecule has 0 N–H and O–H groups in total. The molecule has 0 bridgehead atoms. The number of likely N-dealkylation sites (N-methyl/N-ethyl adjacent to an activating group) is 1. The van der Waals surface area contributed by atoms with Gasteiger partial charge in [0.15, 0.2) is 11.2 Å². The number of benzene rings is 1. The summed E-state index contributed by atoms with van der Waals surface area (Å²) in [6.45, 7) is 1.90. The normalized spacial score (nSPS) is 11.0. The Labute approximate surface area is 161 Å². The molecule has 0 atom stereocenters. The van der Waals surface area contributed by atoms with Gasteiger partial charge in [-0.3, -0.25) is 14.2 Å². The van der Waals surface area contributed by atoms with Crippen molar-refractivity contribution in [2.24, 2.45) is 14.1 Å². The number of aryl methyl sites for hydroxylation is 3. The molecule has 1 aromatic carbocycles. The van der Waals surface area contributed by atoms with E-state index in [2.05, 4.69) is 4.98 Å². The number of imidazole rings is 1. The van der Waals surface area contributed by atoms with Crippen LogP contribution in [-0.4, -0.2) is 43.6 Å². The monoisotopic (exact) mass is 385 g/mol. The molecule has 28 heavy (non-hydrogen) atoms. The van der Waals surface area contributed by atoms with Gasteiger partial charge in [-0.2, -0.15) is 0 Å². The van der Waals surface area contributed by atoms with E-state index in [1.165, 1.54) is 22.8 Å². The van der Waals surface area contributed by atoms with Gasteiger partial charge in [-0.25, -0.2) is 14.3 Å². The number of carbonyl (C=O) groups excluding carboxylic acids is 1. The van der Waals surface area contributed by atoms with Crippen LogP contribution < -0.4 is 16.0 Å². The average molecular weight is 385 g/mol. The molecule has 9 heteroatoms. The van der Waals surface area contributed by atoms with Gasteiger partial charge in [-0.15, -0.1) is 0 Å². The lowest BCUT2D eigenvalue weighted by molar-refractivity contribution is -0.131. The van der Waals surface area contributed by atoms with E-state index < -0.39 is 11.2 Å². The Kier molecular flexibility index (Phi) is 5.08. The first-order chi connectivity index (χ1) is 13.2. The topological polar surface area (TPSA) is 91.4 Å². The number of hydrogen-bond acceptors (Lipinski definition) is 5. The third-order valence-corrected chi connectivity index (χ3v) is 4.76. The maximum Gasteiger partial charge on any atom is 0.332 e. The lowest BCUT2D eigenvalue weighted by Gasteiger charge is -2.20. The van der Waals surface area contributed by atoms with Crippen LogP contribution >= 0.6 is 0 Å². The third kappa shape index (κ3) is 3.30. The van der Waals surface area contributed by atoms with Crippen molar-refractivity contribution in [2.75, 3.05) is 14.2 Å². The van der Waals surface area contributed by atoms with E-state index in [9.17, 15) is 14.4 Å². The summed E-state index contributed by atoms with van der Waals surface area (Å²) >= 11 is 0. The fourth-order valence-corrected chi connectivity index (χ4v) is 3.17. The van der Waals surface area contributed by atoms with Gasteiger partial charge < -0.3 is 14.2 Å². The molecule has 1 amide bonds. The minimum atomic E-state index is -0.578. The summed E-state index contributed by atoms with van der Waals surface area (Å²) in [5, 5.41) is 0. The Morgan fingerprint density at radius 3 is 2.64 bits per heavy atom. The average Bonchev–Trinajstić information content (AvgIpc) is 3.05. The molecule has 0 aliphatic heterocycles. The molecule has 0 radical (unpaired) electrons. The van der Waals surface area contributed by atoms with Crippen LogP contribution in [0, 0.1) is 6.92 Å². The zero-order valence-electron chi connectivity index (χ0n) is 16.6. The minimum absolute atomic E-state index is 0.276. The minimum Gasteiger partial charge on any atom is -0.496 e. The summed E-state index contributed by atoms with van der Waals surface area (Å²) in [5.41, 5.74) is 1.35. The fraction of sp³-hybridized carbons (Fsp3) is 0.368. The molecule has 0 spiro atoms. The lowest BCUT2D eigenvalue weighted by Crippen LogP contribution is -2.43. The third-order valence-electron chi connectivity index (χ3n) is 4.76. The number of ether oxygens (including phenoxy) is 1. The Bertz CT molecular complexity index is 1170. The summed E-state index contributed by atoms with van der Waals surface area (Å²) in [6.07, 6.45) is 1.47. The molecule has 0 fully saturated rings. The fourth-order valence-electron chi connectivity index (χ4n) is 3.17. The Hall–Kier alpha value is -3.36. The summed E-state index contributed by atoms with van der Waals surface area (Å²) in [7, 11) is 6.40. The van der Waals surface area contributed by atoms with Crippen LogP contribution in [0.15, 0.2) is 34.1 Å². The Morgan fingerprint density at radius 1 is 1.25 bits per heavy atom. The highest BCUT2D eigenvalue weighted by Gasteiger charge is 2.19. The maximum absolute atomic E-state index is 12.7. The Morgan fingerprint density at radius 2 is 1.96 bits per heavy atom. The van der Waals surface area contributed by atoms with E-state index in [1.54, 1.807) is 25.8 Å². The molecule has 0 unspecified atom stereocenters. The standard InChI is InChI=1S/C19H23N5O4/c1-12-6-7-14(28-5)13(8-12)9-21(2)15(25)10-24-18(26)16-17(20-11-22(16)3)23(4)19(24)27/h6-8,11H,9-10H2,1-5H3. The number of aromatic nitrogens is 4. The molecule has 148 valence electrons. The van der Waals surface area contributed by atoms with Crippen molar-refractivity contribution in [3.63, 3.8) is 0 Å². The van der Waals surface area contributed by atoms with E-state index in [-0.39, 0.29) is 18.0 Å². The van der Waals surface area contributed by atoms with Crippen LogP contribution in [-0.2, 0) is 32.0 Å². The molecular weight excluding hydrogens is 362 g/mol. The van der Waals surface area contributed by atoms with Crippen molar-refractivity contribution in [3.8, 4) is 5.75 Å². The van der Waals surface area contributed by atoms with Crippen LogP contribution in [0.4, 0.5) is 0 Å². The predicted octanol–water partition coefficient (Wildman–Crippen LogP) is 0.409. The molecular formula is C19H23N5O4. The molecule has 3 aromatic rings. The van der Waals surface area contributed by atoms with Crippen LogP contribution in [0.2, 0.25) is 0 Å². The first-order valence-corrected chi connectivity index (χ1v) is 8.73. The summed E-state index contributed by atoms with van der Waals surface area (Å²) in [4.78, 5) is 43.6. The predicted molar refractivity (Wildman–Crippen MR) is 104 cm³/mol. The zero-order chi connectivity index (χ0) is 20.6. The molecule has 0 aliphatic rings. The maximum atomic E-state index is 12.7. The number of rotatable bonds is 5. The van der Waals surface area contributed by atoms with Gasteiger partial charge in [0, 0.05) is 33.3 Å². The highest BCUT2D eigenvalue weighted by molar-refractivity contribution is 5.76. The SMILES string of the molecule is COc1ccc(C)cc1CN(C)C(=O)Cn1c(=O)c2c(ncn2C)n(C)c1=O. The second-order valence-electron chi connectivity index (χ2n) is 6.83. The molecule has 0 saturated heterocycles.